The molecule has 1 aliphatic carbocycles. The first-order valence-corrected chi connectivity index (χ1v) is 11.5. The Bertz CT molecular complexity index is 886. The van der Waals surface area contributed by atoms with Crippen molar-refractivity contribution in [2.75, 3.05) is 13.2 Å². The molecular formula is C25H31ClO5. The van der Waals surface area contributed by atoms with Crippen LogP contribution in [0.2, 0.25) is 5.02 Å². The van der Waals surface area contributed by atoms with E-state index in [0.29, 0.717) is 30.9 Å². The van der Waals surface area contributed by atoms with Crippen molar-refractivity contribution in [3.05, 3.63) is 64.2 Å². The fourth-order valence-corrected chi connectivity index (χ4v) is 5.20. The predicted octanol–water partition coefficient (Wildman–Crippen LogP) is 4.04. The first kappa shape index (κ1) is 22.6. The van der Waals surface area contributed by atoms with Gasteiger partial charge in [0.15, 0.2) is 0 Å². The highest BCUT2D eigenvalue weighted by molar-refractivity contribution is 6.31. The van der Waals surface area contributed by atoms with Crippen molar-refractivity contribution in [3.63, 3.8) is 0 Å². The Morgan fingerprint density at radius 3 is 2.55 bits per heavy atom. The lowest BCUT2D eigenvalue weighted by atomic mass is 9.61. The largest absolute Gasteiger partial charge is 0.494 e. The zero-order chi connectivity index (χ0) is 22.0. The summed E-state index contributed by atoms with van der Waals surface area (Å²) in [5, 5.41) is 31.5. The fourth-order valence-electron chi connectivity index (χ4n) is 5.01. The van der Waals surface area contributed by atoms with Gasteiger partial charge in [-0.25, -0.2) is 0 Å². The molecule has 5 nitrogen and oxygen atoms in total. The molecule has 0 unspecified atom stereocenters. The minimum Gasteiger partial charge on any atom is -0.494 e. The van der Waals surface area contributed by atoms with Crippen molar-refractivity contribution >= 4 is 11.6 Å². The summed E-state index contributed by atoms with van der Waals surface area (Å²) in [4.78, 5) is 0. The van der Waals surface area contributed by atoms with Crippen LogP contribution in [-0.2, 0) is 11.2 Å². The molecule has 6 heteroatoms. The second-order valence-corrected chi connectivity index (χ2v) is 9.07. The number of aliphatic hydroxyl groups is 3. The third-order valence-corrected chi connectivity index (χ3v) is 7.14. The molecule has 0 spiro atoms. The van der Waals surface area contributed by atoms with E-state index in [1.807, 2.05) is 49.4 Å². The first-order valence-electron chi connectivity index (χ1n) is 11.1. The number of rotatable bonds is 8. The molecule has 3 N–H and O–H groups in total. The summed E-state index contributed by atoms with van der Waals surface area (Å²) in [6, 6.07) is 13.6. The van der Waals surface area contributed by atoms with E-state index in [2.05, 4.69) is 0 Å². The van der Waals surface area contributed by atoms with Gasteiger partial charge in [-0.05, 0) is 73.9 Å². The van der Waals surface area contributed by atoms with Gasteiger partial charge in [-0.15, -0.1) is 0 Å². The molecule has 168 valence electrons. The molecule has 0 radical (unpaired) electrons. The molecule has 31 heavy (non-hydrogen) atoms. The van der Waals surface area contributed by atoms with Gasteiger partial charge in [-0.3, -0.25) is 0 Å². The van der Waals surface area contributed by atoms with Gasteiger partial charge in [0.05, 0.1) is 18.3 Å². The van der Waals surface area contributed by atoms with Gasteiger partial charge in [0.25, 0.3) is 0 Å². The maximum atomic E-state index is 10.8. The summed E-state index contributed by atoms with van der Waals surface area (Å²) in [6.07, 6.45) is 1.16. The Morgan fingerprint density at radius 1 is 1.13 bits per heavy atom. The lowest BCUT2D eigenvalue weighted by Gasteiger charge is -2.58. The average Bonchev–Trinajstić information content (AvgIpc) is 2.75. The molecule has 4 rings (SSSR count). The number of hydrogen-bond acceptors (Lipinski definition) is 5. The van der Waals surface area contributed by atoms with E-state index >= 15 is 0 Å². The van der Waals surface area contributed by atoms with Crippen molar-refractivity contribution < 1.29 is 24.8 Å². The minimum atomic E-state index is -0.993. The molecular weight excluding hydrogens is 416 g/mol. The molecule has 0 bridgehead atoms. The summed E-state index contributed by atoms with van der Waals surface area (Å²) in [6.45, 7) is 2.68. The lowest BCUT2D eigenvalue weighted by molar-refractivity contribution is -0.291. The molecule has 2 aliphatic rings. The Morgan fingerprint density at radius 2 is 1.90 bits per heavy atom. The van der Waals surface area contributed by atoms with Gasteiger partial charge in [0, 0.05) is 17.5 Å². The number of hydrogen-bond donors (Lipinski definition) is 3. The monoisotopic (exact) mass is 446 g/mol. The first-order chi connectivity index (χ1) is 15.0. The van der Waals surface area contributed by atoms with Crippen LogP contribution < -0.4 is 4.74 Å². The Kier molecular flexibility index (Phi) is 6.89. The summed E-state index contributed by atoms with van der Waals surface area (Å²) in [7, 11) is 0. The van der Waals surface area contributed by atoms with Gasteiger partial charge < -0.3 is 24.8 Å². The molecule has 0 amide bonds. The quantitative estimate of drug-likeness (QED) is 0.570. The summed E-state index contributed by atoms with van der Waals surface area (Å²) < 4.78 is 12.0. The highest BCUT2D eigenvalue weighted by Gasteiger charge is 2.58. The van der Waals surface area contributed by atoms with E-state index in [1.165, 1.54) is 0 Å². The molecule has 1 saturated heterocycles. The average molecular weight is 447 g/mol. The van der Waals surface area contributed by atoms with Crippen LogP contribution in [0.25, 0.3) is 0 Å². The lowest BCUT2D eigenvalue weighted by Crippen LogP contribution is -2.63. The van der Waals surface area contributed by atoms with E-state index in [9.17, 15) is 15.3 Å². The third kappa shape index (κ3) is 4.48. The van der Waals surface area contributed by atoms with Crippen LogP contribution >= 0.6 is 11.6 Å². The number of halogens is 1. The third-order valence-electron chi connectivity index (χ3n) is 6.77. The molecule has 1 heterocycles. The van der Waals surface area contributed by atoms with Crippen molar-refractivity contribution in [3.8, 4) is 5.75 Å². The van der Waals surface area contributed by atoms with E-state index < -0.39 is 23.9 Å². The van der Waals surface area contributed by atoms with Crippen molar-refractivity contribution in [2.24, 2.45) is 5.92 Å². The van der Waals surface area contributed by atoms with Gasteiger partial charge in [-0.1, -0.05) is 35.9 Å². The van der Waals surface area contributed by atoms with E-state index in [1.54, 1.807) is 0 Å². The number of ether oxygens (including phenoxy) is 2. The van der Waals surface area contributed by atoms with Gasteiger partial charge in [0.2, 0.25) is 0 Å². The Balaban J connectivity index is 1.56. The predicted molar refractivity (Wildman–Crippen MR) is 119 cm³/mol. The normalized spacial score (nSPS) is 29.8. The molecule has 1 saturated carbocycles. The molecule has 2 fully saturated rings. The van der Waals surface area contributed by atoms with Crippen molar-refractivity contribution in [1.29, 1.82) is 0 Å². The van der Waals surface area contributed by atoms with Crippen LogP contribution in [0.15, 0.2) is 42.5 Å². The van der Waals surface area contributed by atoms with Gasteiger partial charge in [-0.2, -0.15) is 0 Å². The topological polar surface area (TPSA) is 79.2 Å². The maximum absolute atomic E-state index is 10.8. The zero-order valence-electron chi connectivity index (χ0n) is 17.8. The SMILES string of the molecule is CCOc1ccc(Cc2cc([C@@H]3O[C@]4(CCCO)CC[C@@H]4[C@H](O)[C@H]3O)ccc2Cl)cc1. The van der Waals surface area contributed by atoms with E-state index in [0.717, 1.165) is 35.3 Å². The van der Waals surface area contributed by atoms with Crippen LogP contribution in [0.5, 0.6) is 5.75 Å². The standard InChI is InChI=1S/C25H31ClO5/c1-2-30-19-7-4-16(5-8-19)14-18-15-17(6-9-21(18)26)24-23(29)22(28)20-10-12-25(20,31-24)11-3-13-27/h4-9,15,20,22-24,27-29H,2-3,10-14H2,1H3/t20-,22+,23-,24+,25-/m1/s1. The fraction of sp³-hybridized carbons (Fsp3) is 0.520. The van der Waals surface area contributed by atoms with Crippen LogP contribution in [0.3, 0.4) is 0 Å². The molecule has 1 aliphatic heterocycles. The highest BCUT2D eigenvalue weighted by atomic mass is 35.5. The van der Waals surface area contributed by atoms with Crippen LogP contribution in [0.4, 0.5) is 0 Å². The smallest absolute Gasteiger partial charge is 0.119 e. The number of benzene rings is 2. The zero-order valence-corrected chi connectivity index (χ0v) is 18.6. The number of fused-ring (bicyclic) bond motifs is 1. The van der Waals surface area contributed by atoms with Crippen molar-refractivity contribution in [2.45, 2.75) is 62.9 Å². The van der Waals surface area contributed by atoms with Crippen LogP contribution in [-0.4, -0.2) is 46.3 Å². The van der Waals surface area contributed by atoms with Gasteiger partial charge in [0.1, 0.15) is 18.0 Å². The minimum absolute atomic E-state index is 0.0825. The van der Waals surface area contributed by atoms with E-state index in [4.69, 9.17) is 21.1 Å². The van der Waals surface area contributed by atoms with E-state index in [-0.39, 0.29) is 12.5 Å². The highest BCUT2D eigenvalue weighted by Crippen LogP contribution is 2.54. The second-order valence-electron chi connectivity index (χ2n) is 8.66. The van der Waals surface area contributed by atoms with Crippen LogP contribution in [0.1, 0.15) is 55.4 Å². The molecule has 0 aromatic heterocycles. The number of aliphatic hydroxyl groups excluding tert-OH is 3. The molecule has 2 aromatic carbocycles. The second kappa shape index (κ2) is 9.47. The summed E-state index contributed by atoms with van der Waals surface area (Å²) in [5.74, 6) is 0.753. The Labute approximate surface area is 188 Å². The van der Waals surface area contributed by atoms with Crippen LogP contribution in [0, 0.1) is 5.92 Å². The Hall–Kier alpha value is -1.63. The molecule has 2 aromatic rings. The van der Waals surface area contributed by atoms with Crippen molar-refractivity contribution in [1.82, 2.24) is 0 Å². The summed E-state index contributed by atoms with van der Waals surface area (Å²) >= 11 is 6.48. The maximum Gasteiger partial charge on any atom is 0.119 e. The van der Waals surface area contributed by atoms with Gasteiger partial charge >= 0.3 is 0 Å². The molecule has 5 atom stereocenters. The summed E-state index contributed by atoms with van der Waals surface area (Å²) in [5.41, 5.74) is 2.38.